The first-order valence-electron chi connectivity index (χ1n) is 27.6. The monoisotopic (exact) mass is 1030 g/mol. The van der Waals surface area contributed by atoms with Gasteiger partial charge in [0.25, 0.3) is 6.71 Å². The first-order chi connectivity index (χ1) is 38.2. The third-order valence-electron chi connectivity index (χ3n) is 17.1. The summed E-state index contributed by atoms with van der Waals surface area (Å²) in [5.74, 6) is 0. The van der Waals surface area contributed by atoms with E-state index in [0.29, 0.717) is 54.9 Å². The van der Waals surface area contributed by atoms with Crippen molar-refractivity contribution in [3.8, 4) is 0 Å². The van der Waals surface area contributed by atoms with E-state index in [1.807, 2.05) is 48.5 Å². The van der Waals surface area contributed by atoms with Crippen molar-refractivity contribution < 1.29 is 0 Å². The highest BCUT2D eigenvalue weighted by atomic mass is 15.2. The van der Waals surface area contributed by atoms with Crippen molar-refractivity contribution in [1.82, 2.24) is 0 Å². The van der Waals surface area contributed by atoms with Gasteiger partial charge in [0.1, 0.15) is 70.6 Å². The Morgan fingerprint density at radius 3 is 1.16 bits per heavy atom. The molecule has 2 aliphatic heterocycles. The first-order valence-corrected chi connectivity index (χ1v) is 27.6. The smallest absolute Gasteiger partial charge is 0.252 e. The van der Waals surface area contributed by atoms with Crippen LogP contribution in [0, 0.1) is 0 Å². The molecule has 0 spiro atoms. The normalized spacial score (nSPS) is 13.2. The zero-order valence-electron chi connectivity index (χ0n) is 48.2. The second-order valence-corrected chi connectivity index (χ2v) is 25.2. The minimum Gasteiger partial charge on any atom is -0.313 e. The van der Waals surface area contributed by atoms with E-state index in [1.54, 1.807) is 0 Å². The fraction of sp³-hybridized carbons (Fsp3) is 0.206. The highest BCUT2D eigenvalue weighted by Gasteiger charge is 2.46. The van der Waals surface area contributed by atoms with Gasteiger partial charge < -0.3 is 14.7 Å². The maximum atomic E-state index is 7.79. The second kappa shape index (κ2) is 20.2. The van der Waals surface area contributed by atoms with Crippen molar-refractivity contribution in [3.63, 3.8) is 0 Å². The van der Waals surface area contributed by atoms with Gasteiger partial charge in [-0.15, -0.1) is 32.8 Å². The summed E-state index contributed by atoms with van der Waals surface area (Å²) in [6.07, 6.45) is 0. The van der Waals surface area contributed by atoms with Crippen LogP contribution in [-0.2, 0) is 21.7 Å². The first kappa shape index (κ1) is 55.9. The molecule has 0 unspecified atom stereocenters. The Morgan fingerprint density at radius 1 is 0.333 bits per heavy atom. The van der Waals surface area contributed by atoms with Gasteiger partial charge in [0, 0.05) is 56.3 Å². The third kappa shape index (κ3) is 9.59. The van der Waals surface area contributed by atoms with Gasteiger partial charge in [-0.3, -0.25) is 0 Å². The van der Waals surface area contributed by atoms with Crippen LogP contribution in [0.5, 0.6) is 0 Å². The fourth-order valence-corrected chi connectivity index (χ4v) is 12.1. The number of hydrogen-bond acceptors (Lipinski definition) is 3. The average molecular weight is 1020 g/mol. The van der Waals surface area contributed by atoms with Gasteiger partial charge in [0.15, 0.2) is 0 Å². The number of anilines is 9. The topological polar surface area (TPSA) is 9.72 Å². The number of benzene rings is 9. The molecule has 9 aromatic carbocycles. The molecule has 0 aliphatic carbocycles. The molecule has 3 nitrogen and oxygen atoms in total. The molecule has 0 fully saturated rings. The summed E-state index contributed by atoms with van der Waals surface area (Å²) in [7, 11) is 61.7. The van der Waals surface area contributed by atoms with Crippen LogP contribution in [0.1, 0.15) is 103 Å². The molecule has 2 aliphatic rings. The molecular formula is C68H57B10N3. The Hall–Kier alpha value is -6.97. The summed E-state index contributed by atoms with van der Waals surface area (Å²) < 4.78 is 0. The number of para-hydroxylation sites is 2. The van der Waals surface area contributed by atoms with Crippen molar-refractivity contribution in [3.05, 3.63) is 197 Å². The summed E-state index contributed by atoms with van der Waals surface area (Å²) in [5, 5.41) is 0. The molecule has 81 heavy (non-hydrogen) atoms. The van der Waals surface area contributed by atoms with Gasteiger partial charge in [-0.1, -0.05) is 195 Å². The molecule has 9 aromatic rings. The predicted octanol–water partition coefficient (Wildman–Crippen LogP) is 5.63. The van der Waals surface area contributed by atoms with E-state index in [0.717, 1.165) is 84.1 Å². The van der Waals surface area contributed by atoms with Crippen molar-refractivity contribution in [2.24, 2.45) is 0 Å². The largest absolute Gasteiger partial charge is 0.313 e. The van der Waals surface area contributed by atoms with Gasteiger partial charge in [-0.2, -0.15) is 0 Å². The van der Waals surface area contributed by atoms with Crippen LogP contribution in [-0.4, -0.2) is 77.3 Å². The van der Waals surface area contributed by atoms with Crippen LogP contribution in [0.2, 0.25) is 0 Å². The minimum atomic E-state index is -0.672. The summed E-state index contributed by atoms with van der Waals surface area (Å²) in [6, 6.07) is 57.5. The van der Waals surface area contributed by atoms with Gasteiger partial charge in [-0.05, 0) is 115 Å². The van der Waals surface area contributed by atoms with E-state index in [4.69, 9.17) is 70.6 Å². The molecule has 13 heteroatoms. The standard InChI is InChI=1S/C68H57B10N3/c1-65(2,3)38-21-24-46(25-22-38)80-57-26-23-39(66(4,5)6)34-55(57)78-56-35-43(68(9,10)41-29-50(71)61(77)51(72)30-41)33-54(75)64(56)81(63-52(73)31-42(32-53(63)74)67(7,8)40-27-48(69)60(76)49(70)28-40)59-37-47(36-58(80)62(59)78)79(44-17-13-11-14-18-44)45-19-15-12-16-20-45/h11-37H,1-10H3. The highest BCUT2D eigenvalue weighted by Crippen LogP contribution is 2.49. The average Bonchev–Trinajstić information content (AvgIpc) is 2.43. The molecule has 0 saturated carbocycles. The van der Waals surface area contributed by atoms with Crippen molar-refractivity contribution in [1.29, 1.82) is 0 Å². The van der Waals surface area contributed by atoms with E-state index < -0.39 is 10.8 Å². The van der Waals surface area contributed by atoms with Crippen molar-refractivity contribution >= 4 is 194 Å². The summed E-state index contributed by atoms with van der Waals surface area (Å²) in [4.78, 5) is 6.96. The SMILES string of the molecule is [B]c1cc(C(C)(C)c2cc([B])c(N3c4cc(N(c5ccccc5)c5ccccc5)cc5c4B(c4cc(C(C)(C)C)ccc4N5c4ccc(C(C)(C)C)cc4)c4cc(C(C)(C)c5cc([B])c([B])c([B])c5)cc([B])c43)c([B])c2)cc([B])c1[B]. The summed E-state index contributed by atoms with van der Waals surface area (Å²) >= 11 is 0. The molecule has 0 amide bonds. The zero-order chi connectivity index (χ0) is 58.0. The lowest BCUT2D eigenvalue weighted by atomic mass is 9.32. The maximum absolute atomic E-state index is 7.79. The fourth-order valence-electron chi connectivity index (χ4n) is 12.1. The van der Waals surface area contributed by atoms with Gasteiger partial charge in [0.2, 0.25) is 0 Å². The molecule has 374 valence electrons. The van der Waals surface area contributed by atoms with E-state index in [-0.39, 0.29) is 17.5 Å². The number of rotatable bonds is 9. The van der Waals surface area contributed by atoms with Gasteiger partial charge in [-0.25, -0.2) is 0 Å². The molecular weight excluding hydrogens is 967 g/mol. The maximum Gasteiger partial charge on any atom is 0.252 e. The van der Waals surface area contributed by atoms with Crippen molar-refractivity contribution in [2.45, 2.75) is 90.9 Å². The van der Waals surface area contributed by atoms with E-state index in [2.05, 4.69) is 199 Å². The molecule has 11 rings (SSSR count). The summed E-state index contributed by atoms with van der Waals surface area (Å²) in [6.45, 7) is 21.7. The minimum absolute atomic E-state index is 0.0736. The molecule has 0 bridgehead atoms. The molecule has 2 heterocycles. The number of hydrogen-bond donors (Lipinski definition) is 0. The van der Waals surface area contributed by atoms with Crippen LogP contribution in [0.25, 0.3) is 0 Å². The highest BCUT2D eigenvalue weighted by molar-refractivity contribution is 7.00. The van der Waals surface area contributed by atoms with Gasteiger partial charge >= 0.3 is 0 Å². The van der Waals surface area contributed by atoms with E-state index >= 15 is 0 Å². The van der Waals surface area contributed by atoms with Crippen molar-refractivity contribution in [2.75, 3.05) is 14.7 Å². The van der Waals surface area contributed by atoms with Crippen LogP contribution in [0.15, 0.2) is 164 Å². The van der Waals surface area contributed by atoms with E-state index in [1.165, 1.54) is 11.1 Å². The Balaban J connectivity index is 1.28. The Bertz CT molecular complexity index is 3870. The quantitative estimate of drug-likeness (QED) is 0.174. The molecule has 0 saturated heterocycles. The van der Waals surface area contributed by atoms with Crippen LogP contribution in [0.3, 0.4) is 0 Å². The molecule has 0 atom stereocenters. The lowest BCUT2D eigenvalue weighted by molar-refractivity contribution is 0.590. The third-order valence-corrected chi connectivity index (χ3v) is 17.1. The Morgan fingerprint density at radius 2 is 0.716 bits per heavy atom. The van der Waals surface area contributed by atoms with Gasteiger partial charge in [0.05, 0.1) is 5.69 Å². The second-order valence-electron chi connectivity index (χ2n) is 25.2. The Labute approximate surface area is 493 Å². The van der Waals surface area contributed by atoms with E-state index in [9.17, 15) is 0 Å². The number of nitrogens with zero attached hydrogens (tertiary/aromatic N) is 3. The summed E-state index contributed by atoms with van der Waals surface area (Å²) in [5.41, 5.74) is 19.4. The lowest BCUT2D eigenvalue weighted by Gasteiger charge is -2.47. The zero-order valence-corrected chi connectivity index (χ0v) is 48.2. The Kier molecular flexibility index (Phi) is 13.9. The molecule has 0 aromatic heterocycles. The predicted molar refractivity (Wildman–Crippen MR) is 358 cm³/mol. The molecule has 18 radical (unpaired) electrons. The van der Waals surface area contributed by atoms with Crippen LogP contribution < -0.4 is 80.3 Å². The van der Waals surface area contributed by atoms with Crippen LogP contribution >= 0.6 is 0 Å². The van der Waals surface area contributed by atoms with Crippen LogP contribution in [0.4, 0.5) is 51.2 Å². The lowest BCUT2D eigenvalue weighted by Crippen LogP contribution is -2.63. The number of fused-ring (bicyclic) bond motifs is 4. The molecule has 0 N–H and O–H groups in total.